The number of aliphatic carboxylic acids is 1. The van der Waals surface area contributed by atoms with E-state index < -0.39 is 298 Å². The molecule has 8 aliphatic heterocycles. The average molecular weight is 1980 g/mol. The Morgan fingerprint density at radius 3 is 1.91 bits per heavy atom. The second kappa shape index (κ2) is 41.9. The number of carbonyl (C=O) groups excluding carboxylic acids is 10. The van der Waals surface area contributed by atoms with Crippen molar-refractivity contribution in [3.8, 4) is 56.8 Å². The molecule has 22 atom stereocenters. The van der Waals surface area contributed by atoms with Crippen LogP contribution in [0.2, 0.25) is 15.1 Å². The highest BCUT2D eigenvalue weighted by molar-refractivity contribution is 6.32. The third-order valence-corrected chi connectivity index (χ3v) is 26.6. The zero-order chi connectivity index (χ0) is 99.9. The van der Waals surface area contributed by atoms with Crippen LogP contribution < -0.4 is 52.3 Å². The molecule has 7 aromatic rings. The van der Waals surface area contributed by atoms with Gasteiger partial charge < -0.3 is 141 Å². The van der Waals surface area contributed by atoms with Crippen molar-refractivity contribution < 1.29 is 151 Å². The molecule has 138 heavy (non-hydrogen) atoms. The Kier molecular flexibility index (Phi) is 31.1. The van der Waals surface area contributed by atoms with Gasteiger partial charge in [0.1, 0.15) is 77.7 Å². The minimum absolute atomic E-state index is 0.156. The number of nitrogens with one attached hydrogen (secondary N) is 5. The highest BCUT2D eigenvalue weighted by atomic mass is 35.5. The molecular formula is C96H107Cl3N8O31. The van der Waals surface area contributed by atoms with Gasteiger partial charge in [-0.1, -0.05) is 109 Å². The van der Waals surface area contributed by atoms with Crippen molar-refractivity contribution in [2.45, 2.75) is 239 Å². The number of carboxylic acid groups (broad SMARTS) is 1. The number of aliphatic hydroxyl groups is 8. The number of benzene rings is 7. The van der Waals surface area contributed by atoms with Crippen LogP contribution in [0.1, 0.15) is 175 Å². The SMILES string of the molecule is CC(=O)CCC(=O)OCOC(=O)N(C)[C@H](CC(C)C)C(=O)N[C@H]1C(=O)C[C@@H](CC(N)=O)C(=O)N[C@H]2C(=O)C[C@H]3C(=O)N[C@H](C(=O)N[C@H](C(=O)O)c4cc(O)cc5c4-c4cc3ccc4C5(O)O)[C@H](O[C@H]3C[C@](C)(N)[C@@H](O)[C@H](C)O3)c3ccc(c(Cl)c3)Oc3cc2cc(c3O[C@@H]2O[C@H](CO)[C@@H](O)[C@H](O)[C@H]2O[C@H]2C[C@](C)(NCc3ccc(-c4ccc(Cl)cc4)cc3)[C@@H](O)[C@H](C)O2)Oc2ccc(cc2Cl)[C@H]1O. The number of hydrogen-bond acceptors (Lipinski definition) is 32. The van der Waals surface area contributed by atoms with E-state index >= 15 is 28.8 Å². The van der Waals surface area contributed by atoms with Crippen LogP contribution in [0, 0.1) is 11.8 Å². The number of hydrogen-bond donors (Lipinski definition) is 17. The number of aromatic hydroxyl groups is 1. The fourth-order valence-corrected chi connectivity index (χ4v) is 18.8. The number of phenols is 1. The maximum atomic E-state index is 16.9. The minimum atomic E-state index is -3.08. The van der Waals surface area contributed by atoms with E-state index in [1.54, 1.807) is 39.8 Å². The van der Waals surface area contributed by atoms with Crippen molar-refractivity contribution in [1.82, 2.24) is 31.5 Å². The highest BCUT2D eigenvalue weighted by Gasteiger charge is 2.54. The van der Waals surface area contributed by atoms with Gasteiger partial charge in [-0.2, -0.15) is 0 Å². The third kappa shape index (κ3) is 22.2. The van der Waals surface area contributed by atoms with Crippen molar-refractivity contribution in [2.24, 2.45) is 23.3 Å². The Balaban J connectivity index is 0.948. The molecule has 11 bridgehead atoms. The summed E-state index contributed by atoms with van der Waals surface area (Å²) in [7, 11) is 1.14. The molecule has 0 radical (unpaired) electrons. The Morgan fingerprint density at radius 2 is 1.29 bits per heavy atom. The van der Waals surface area contributed by atoms with E-state index in [9.17, 15) is 75.0 Å². The summed E-state index contributed by atoms with van der Waals surface area (Å²) in [6.07, 6.45) is -27.9. The summed E-state index contributed by atoms with van der Waals surface area (Å²) in [5, 5.41) is 132. The number of nitrogens with zero attached hydrogens (tertiary/aromatic N) is 1. The van der Waals surface area contributed by atoms with Crippen molar-refractivity contribution >= 4 is 99.7 Å². The fourth-order valence-electron chi connectivity index (χ4n) is 18.2. The fraction of sp³-hybridized carbons (Fsp3) is 0.448. The number of aliphatic hydroxyl groups excluding tert-OH is 6. The predicted octanol–water partition coefficient (Wildman–Crippen LogP) is 6.28. The number of nitrogens with two attached hydrogens (primary N) is 2. The number of carboxylic acids is 1. The van der Waals surface area contributed by atoms with Crippen LogP contribution >= 0.6 is 34.8 Å². The molecule has 39 nitrogen and oxygen atoms in total. The average Bonchev–Trinajstić information content (AvgIpc) is 1.56. The van der Waals surface area contributed by atoms with Gasteiger partial charge in [0.15, 0.2) is 47.8 Å². The van der Waals surface area contributed by atoms with Crippen LogP contribution in [-0.2, 0) is 93.4 Å². The van der Waals surface area contributed by atoms with Gasteiger partial charge in [-0.25, -0.2) is 9.59 Å². The summed E-state index contributed by atoms with van der Waals surface area (Å²) < 4.78 is 63.4. The maximum absolute atomic E-state index is 16.9. The van der Waals surface area contributed by atoms with Crippen LogP contribution in [0.4, 0.5) is 4.79 Å². The molecule has 3 saturated heterocycles. The Labute approximate surface area is 804 Å². The van der Waals surface area contributed by atoms with Crippen LogP contribution in [0.15, 0.2) is 127 Å². The number of rotatable bonds is 24. The third-order valence-electron chi connectivity index (χ3n) is 25.8. The molecule has 0 spiro atoms. The van der Waals surface area contributed by atoms with Crippen molar-refractivity contribution in [3.63, 3.8) is 0 Å². The smallest absolute Gasteiger partial charge is 0.413 e. The lowest BCUT2D eigenvalue weighted by atomic mass is 9.84. The zero-order valence-corrected chi connectivity index (χ0v) is 78.1. The van der Waals surface area contributed by atoms with Gasteiger partial charge >= 0.3 is 18.0 Å². The molecular weight excluding hydrogens is 1870 g/mol. The molecule has 738 valence electrons. The Morgan fingerprint density at radius 1 is 0.667 bits per heavy atom. The highest BCUT2D eigenvalue weighted by Crippen LogP contribution is 2.54. The van der Waals surface area contributed by atoms with Crippen LogP contribution in [0.5, 0.6) is 34.5 Å². The molecule has 6 amide bonds. The summed E-state index contributed by atoms with van der Waals surface area (Å²) in [6.45, 7) is 8.97. The van der Waals surface area contributed by atoms with Gasteiger partial charge in [-0.15, -0.1) is 0 Å². The van der Waals surface area contributed by atoms with E-state index in [4.69, 9.17) is 93.6 Å². The molecule has 0 saturated carbocycles. The first-order chi connectivity index (χ1) is 65.2. The number of phenolic OH excluding ortho intramolecular Hbond substituents is 1. The van der Waals surface area contributed by atoms with E-state index in [1.165, 1.54) is 57.2 Å². The second-order valence-electron chi connectivity index (χ2n) is 36.6. The number of fused-ring (bicyclic) bond motifs is 12. The first kappa shape index (κ1) is 102. The lowest BCUT2D eigenvalue weighted by Gasteiger charge is -2.48. The lowest BCUT2D eigenvalue weighted by Crippen LogP contribution is -2.65. The largest absolute Gasteiger partial charge is 0.508 e. The summed E-state index contributed by atoms with van der Waals surface area (Å²) in [5.74, 6) is -23.1. The van der Waals surface area contributed by atoms with Gasteiger partial charge in [0.25, 0.3) is 0 Å². The number of carbonyl (C=O) groups is 11. The summed E-state index contributed by atoms with van der Waals surface area (Å²) in [6, 6.07) is 18.8. The van der Waals surface area contributed by atoms with Crippen molar-refractivity contribution in [2.75, 3.05) is 20.4 Å². The molecule has 7 aromatic carbocycles. The normalized spacial score (nSPS) is 28.6. The van der Waals surface area contributed by atoms with Gasteiger partial charge in [-0.3, -0.25) is 43.3 Å². The number of primary amides is 1. The Bertz CT molecular complexity index is 5850. The minimum Gasteiger partial charge on any atom is -0.508 e. The second-order valence-corrected chi connectivity index (χ2v) is 37.8. The lowest BCUT2D eigenvalue weighted by molar-refractivity contribution is -0.334. The Hall–Kier alpha value is -11.4. The van der Waals surface area contributed by atoms with Crippen molar-refractivity contribution in [3.05, 3.63) is 187 Å². The molecule has 9 aliphatic rings. The van der Waals surface area contributed by atoms with E-state index in [1.807, 2.05) is 36.4 Å². The monoisotopic (exact) mass is 1970 g/mol. The van der Waals surface area contributed by atoms with Gasteiger partial charge in [0.2, 0.25) is 54.2 Å². The summed E-state index contributed by atoms with van der Waals surface area (Å²) >= 11 is 21.0. The van der Waals surface area contributed by atoms with Gasteiger partial charge in [-0.05, 0) is 169 Å². The molecule has 8 heterocycles. The number of ether oxygens (including phenoxy) is 10. The van der Waals surface area contributed by atoms with Crippen LogP contribution in [-0.4, -0.2) is 238 Å². The molecule has 42 heteroatoms. The molecule has 0 unspecified atom stereocenters. The molecule has 0 aromatic heterocycles. The van der Waals surface area contributed by atoms with Crippen LogP contribution in [0.3, 0.4) is 0 Å². The number of amides is 6. The maximum Gasteiger partial charge on any atom is 0.413 e. The van der Waals surface area contributed by atoms with E-state index in [2.05, 4.69) is 26.6 Å². The van der Waals surface area contributed by atoms with Gasteiger partial charge in [0, 0.05) is 79.3 Å². The van der Waals surface area contributed by atoms with Crippen LogP contribution in [0.25, 0.3) is 22.3 Å². The number of esters is 1. The number of Topliss-reactive ketones (excluding diaryl/α,β-unsaturated/α-hetero) is 3. The summed E-state index contributed by atoms with van der Waals surface area (Å²) in [4.78, 5) is 162. The summed E-state index contributed by atoms with van der Waals surface area (Å²) in [5.41, 5.74) is 9.50. The van der Waals surface area contributed by atoms with Gasteiger partial charge in [0.05, 0.1) is 59.3 Å². The zero-order valence-electron chi connectivity index (χ0n) is 75.8. The van der Waals surface area contributed by atoms with E-state index in [-0.39, 0.29) is 77.8 Å². The first-order valence-corrected chi connectivity index (χ1v) is 45.6. The first-order valence-electron chi connectivity index (χ1n) is 44.5. The number of ketones is 3. The number of likely N-dealkylation sites (N-methyl/N-ethyl adjacent to an activating group) is 1. The standard InChI is InChI=1S/C96H107Cl3N8O31/c1-41(2)25-62(107(8)93(126)130-40-129-71(114)24-9-42(3)109)89(122)105-77-63(111)29-52(32-70(100)113)87(120)103-75-51-30-67(133-65-22-17-49(79(77)115)27-60(65)98)83(138-92-84(81(117)80(116)69(39-108)135-92)137-73-37-95(7,86(119)44(5)132-73)102-38-45-10-12-46(13-11-45)47-14-19-53(97)20-15-47)68(31-51)134-66-23-18-50(28-61(66)99)82(136-72-36-94(6,101)85(118)43(4)131-72)78-90(123)104-76(91(124)125)57-33-54(110)34-59-74(57)56-26-48(16-21-58(56)96(59,127)128)55(35-64(75)112)88(121)106-78/h10-23,26-28,30-31,33-34,41,43-44,52,55,62,69,72-73,75-82,84-86,92,102,108,110,115-119,127-128H,9,24-25,29,32,35-40,101H2,1-8H3,(H2,100,113)(H,103,120)(H,104,123)(H,105,122)(H,106,121)(H,124,125)/t43-,44-,52-,55+,62+,69+,72-,73-,75+,76-,77-,78-,79+,80+,81-,82+,84+,85-,86-,92-,94-,95-/m0/s1. The molecule has 16 rings (SSSR count). The predicted molar refractivity (Wildman–Crippen MR) is 486 cm³/mol. The quantitative estimate of drug-likeness (QED) is 0.0234. The molecule has 1 aliphatic carbocycles. The van der Waals surface area contributed by atoms with E-state index in [0.717, 1.165) is 71.1 Å². The molecule has 19 N–H and O–H groups in total. The topological polar surface area (TPSA) is 598 Å². The van der Waals surface area contributed by atoms with E-state index in [0.29, 0.717) is 5.02 Å². The number of halogens is 3. The molecule has 3 fully saturated rings. The van der Waals surface area contributed by atoms with Crippen molar-refractivity contribution in [1.29, 1.82) is 0 Å².